The van der Waals surface area contributed by atoms with Gasteiger partial charge in [0.15, 0.2) is 0 Å². The highest BCUT2D eigenvalue weighted by Gasteiger charge is 2.17. The fraction of sp³-hybridized carbons (Fsp3) is 0.500. The van der Waals surface area contributed by atoms with E-state index in [-0.39, 0.29) is 0 Å². The standard InChI is InChI=1S/C10H16N2O4S/c1-10(2,3)16-9(13)12-6-5-8(7-12)11-17(4,14)15/h5-7,11H,1-4H3. The molecule has 0 radical (unpaired) electrons. The van der Waals surface area contributed by atoms with Gasteiger partial charge in [-0.3, -0.25) is 9.29 Å². The minimum Gasteiger partial charge on any atom is -0.443 e. The van der Waals surface area contributed by atoms with Crippen molar-refractivity contribution in [1.82, 2.24) is 4.57 Å². The van der Waals surface area contributed by atoms with E-state index >= 15 is 0 Å². The Balaban J connectivity index is 2.78. The summed E-state index contributed by atoms with van der Waals surface area (Å²) in [5.74, 6) is 0. The van der Waals surface area contributed by atoms with E-state index in [0.29, 0.717) is 5.69 Å². The number of nitrogens with one attached hydrogen (secondary N) is 1. The molecular weight excluding hydrogens is 244 g/mol. The van der Waals surface area contributed by atoms with Gasteiger partial charge in [-0.05, 0) is 26.8 Å². The maximum atomic E-state index is 11.6. The van der Waals surface area contributed by atoms with Crippen molar-refractivity contribution in [3.05, 3.63) is 18.5 Å². The summed E-state index contributed by atoms with van der Waals surface area (Å²) >= 11 is 0. The Kier molecular flexibility index (Phi) is 3.51. The van der Waals surface area contributed by atoms with Crippen LogP contribution in [0.25, 0.3) is 0 Å². The highest BCUT2D eigenvalue weighted by molar-refractivity contribution is 7.92. The molecule has 0 fully saturated rings. The van der Waals surface area contributed by atoms with Crippen molar-refractivity contribution in [2.24, 2.45) is 0 Å². The van der Waals surface area contributed by atoms with Crippen LogP contribution < -0.4 is 4.72 Å². The largest absolute Gasteiger partial charge is 0.443 e. The van der Waals surface area contributed by atoms with Crippen molar-refractivity contribution in [1.29, 1.82) is 0 Å². The number of aromatic nitrogens is 1. The van der Waals surface area contributed by atoms with Gasteiger partial charge in [0.25, 0.3) is 0 Å². The molecule has 6 nitrogen and oxygen atoms in total. The van der Waals surface area contributed by atoms with Gasteiger partial charge in [0.05, 0.1) is 11.9 Å². The van der Waals surface area contributed by atoms with E-state index in [1.165, 1.54) is 23.0 Å². The molecule has 0 saturated carbocycles. The molecule has 0 spiro atoms. The number of nitrogens with zero attached hydrogens (tertiary/aromatic N) is 1. The van der Waals surface area contributed by atoms with E-state index in [9.17, 15) is 13.2 Å². The summed E-state index contributed by atoms with van der Waals surface area (Å²) in [6.45, 7) is 5.26. The number of ether oxygens (including phenoxy) is 1. The van der Waals surface area contributed by atoms with E-state index in [1.807, 2.05) is 0 Å². The van der Waals surface area contributed by atoms with Crippen LogP contribution in [0.3, 0.4) is 0 Å². The van der Waals surface area contributed by atoms with Crippen LogP contribution in [0.1, 0.15) is 20.8 Å². The van der Waals surface area contributed by atoms with Crippen molar-refractivity contribution in [3.63, 3.8) is 0 Å². The van der Waals surface area contributed by atoms with Gasteiger partial charge < -0.3 is 4.74 Å². The first-order valence-electron chi connectivity index (χ1n) is 4.96. The van der Waals surface area contributed by atoms with E-state index in [2.05, 4.69) is 4.72 Å². The van der Waals surface area contributed by atoms with Gasteiger partial charge in [0.2, 0.25) is 10.0 Å². The van der Waals surface area contributed by atoms with Crippen LogP contribution in [0.4, 0.5) is 10.5 Å². The summed E-state index contributed by atoms with van der Waals surface area (Å²) in [6, 6.07) is 1.48. The monoisotopic (exact) mass is 260 g/mol. The van der Waals surface area contributed by atoms with Gasteiger partial charge >= 0.3 is 6.09 Å². The Labute approximate surface area is 101 Å². The third-order valence-corrected chi connectivity index (χ3v) is 2.21. The molecule has 0 atom stereocenters. The Bertz CT molecular complexity index is 511. The zero-order valence-corrected chi connectivity index (χ0v) is 11.0. The molecule has 1 aromatic rings. The first-order valence-corrected chi connectivity index (χ1v) is 6.85. The lowest BCUT2D eigenvalue weighted by Gasteiger charge is -2.19. The summed E-state index contributed by atoms with van der Waals surface area (Å²) in [5.41, 5.74) is -0.274. The van der Waals surface area contributed by atoms with Crippen molar-refractivity contribution >= 4 is 21.8 Å². The molecule has 1 rings (SSSR count). The van der Waals surface area contributed by atoms with Crippen LogP contribution in [0.2, 0.25) is 0 Å². The molecule has 0 saturated heterocycles. The van der Waals surface area contributed by atoms with Crippen LogP contribution in [0.5, 0.6) is 0 Å². The van der Waals surface area contributed by atoms with Crippen LogP contribution in [-0.4, -0.2) is 30.9 Å². The van der Waals surface area contributed by atoms with Crippen LogP contribution in [0.15, 0.2) is 18.5 Å². The average molecular weight is 260 g/mol. The summed E-state index contributed by atoms with van der Waals surface area (Å²) in [6.07, 6.45) is 3.27. The molecule has 0 aromatic carbocycles. The van der Waals surface area contributed by atoms with E-state index < -0.39 is 21.7 Å². The lowest BCUT2D eigenvalue weighted by Crippen LogP contribution is -2.26. The van der Waals surface area contributed by atoms with E-state index in [1.54, 1.807) is 20.8 Å². The zero-order chi connectivity index (χ0) is 13.3. The van der Waals surface area contributed by atoms with Crippen molar-refractivity contribution in [2.45, 2.75) is 26.4 Å². The van der Waals surface area contributed by atoms with Crippen molar-refractivity contribution in [3.8, 4) is 0 Å². The van der Waals surface area contributed by atoms with Crippen molar-refractivity contribution in [2.75, 3.05) is 11.0 Å². The Hall–Kier alpha value is -1.50. The van der Waals surface area contributed by atoms with Crippen molar-refractivity contribution < 1.29 is 17.9 Å². The second-order valence-corrected chi connectivity index (χ2v) is 6.41. The SMILES string of the molecule is CC(C)(C)OC(=O)n1ccc(NS(C)(=O)=O)c1. The number of sulfonamides is 1. The molecule has 96 valence electrons. The minimum atomic E-state index is -3.34. The highest BCUT2D eigenvalue weighted by atomic mass is 32.2. The number of carbonyl (C=O) groups excluding carboxylic acids is 1. The normalized spacial score (nSPS) is 12.2. The second-order valence-electron chi connectivity index (χ2n) is 4.66. The molecule has 0 aliphatic carbocycles. The van der Waals surface area contributed by atoms with E-state index in [0.717, 1.165) is 6.26 Å². The van der Waals surface area contributed by atoms with Gasteiger partial charge in [-0.25, -0.2) is 13.2 Å². The summed E-state index contributed by atoms with van der Waals surface area (Å²) in [4.78, 5) is 11.6. The van der Waals surface area contributed by atoms with Gasteiger partial charge in [-0.15, -0.1) is 0 Å². The quantitative estimate of drug-likeness (QED) is 0.877. The molecule has 1 N–H and O–H groups in total. The Morgan fingerprint density at radius 3 is 2.47 bits per heavy atom. The molecular formula is C10H16N2O4S. The average Bonchev–Trinajstić information content (AvgIpc) is 2.45. The number of hydrogen-bond donors (Lipinski definition) is 1. The number of anilines is 1. The number of hydrogen-bond acceptors (Lipinski definition) is 4. The van der Waals surface area contributed by atoms with Crippen LogP contribution in [-0.2, 0) is 14.8 Å². The van der Waals surface area contributed by atoms with Gasteiger partial charge in [0.1, 0.15) is 5.60 Å². The fourth-order valence-corrected chi connectivity index (χ4v) is 1.65. The fourth-order valence-electron chi connectivity index (χ4n) is 1.10. The molecule has 1 aromatic heterocycles. The smallest absolute Gasteiger partial charge is 0.418 e. The third kappa shape index (κ3) is 4.90. The zero-order valence-electron chi connectivity index (χ0n) is 10.2. The topological polar surface area (TPSA) is 77.4 Å². The molecule has 1 heterocycles. The molecule has 0 bridgehead atoms. The molecule has 0 aliphatic heterocycles. The third-order valence-electron chi connectivity index (χ3n) is 1.60. The van der Waals surface area contributed by atoms with Crippen LogP contribution >= 0.6 is 0 Å². The Morgan fingerprint density at radius 2 is 2.00 bits per heavy atom. The summed E-state index contributed by atoms with van der Waals surface area (Å²) < 4.78 is 30.5. The van der Waals surface area contributed by atoms with Gasteiger partial charge in [-0.2, -0.15) is 0 Å². The van der Waals surface area contributed by atoms with E-state index in [4.69, 9.17) is 4.74 Å². The first-order chi connectivity index (χ1) is 7.57. The van der Waals surface area contributed by atoms with Gasteiger partial charge in [0, 0.05) is 12.4 Å². The summed E-state index contributed by atoms with van der Waals surface area (Å²) in [7, 11) is -3.34. The first kappa shape index (κ1) is 13.6. The second kappa shape index (κ2) is 4.40. The molecule has 0 aliphatic rings. The lowest BCUT2D eigenvalue weighted by atomic mass is 10.2. The number of carbonyl (C=O) groups is 1. The molecule has 17 heavy (non-hydrogen) atoms. The minimum absolute atomic E-state index is 0.318. The maximum Gasteiger partial charge on any atom is 0.418 e. The predicted molar refractivity (Wildman–Crippen MR) is 64.5 cm³/mol. The Morgan fingerprint density at radius 1 is 1.41 bits per heavy atom. The maximum absolute atomic E-state index is 11.6. The molecule has 0 amide bonds. The van der Waals surface area contributed by atoms with Gasteiger partial charge in [-0.1, -0.05) is 0 Å². The number of rotatable bonds is 2. The molecule has 7 heteroatoms. The lowest BCUT2D eigenvalue weighted by molar-refractivity contribution is 0.0537. The molecule has 0 unspecified atom stereocenters. The predicted octanol–water partition coefficient (Wildman–Crippen LogP) is 1.64. The van der Waals surface area contributed by atoms with Crippen LogP contribution in [0, 0.1) is 0 Å². The highest BCUT2D eigenvalue weighted by Crippen LogP contribution is 2.13. The summed E-state index contributed by atoms with van der Waals surface area (Å²) in [5, 5.41) is 0.